The Bertz CT molecular complexity index is 1080. The molecule has 0 atom stereocenters. The highest BCUT2D eigenvalue weighted by Crippen LogP contribution is 2.38. The van der Waals surface area contributed by atoms with Gasteiger partial charge in [0.25, 0.3) is 0 Å². The maximum Gasteiger partial charge on any atom is 0.186 e. The van der Waals surface area contributed by atoms with E-state index in [1.807, 2.05) is 18.2 Å². The number of rotatable bonds is 2. The number of nitriles is 2. The van der Waals surface area contributed by atoms with Gasteiger partial charge < -0.3 is 0 Å². The van der Waals surface area contributed by atoms with Crippen LogP contribution in [0.5, 0.6) is 0 Å². The Kier molecular flexibility index (Phi) is 4.80. The first kappa shape index (κ1) is 18.4. The number of hydrogen-bond acceptors (Lipinski definition) is 3. The third-order valence-electron chi connectivity index (χ3n) is 5.00. The molecule has 3 heteroatoms. The van der Waals surface area contributed by atoms with Crippen molar-refractivity contribution in [2.24, 2.45) is 0 Å². The summed E-state index contributed by atoms with van der Waals surface area (Å²) in [6.07, 6.45) is 4.78. The number of aryl methyl sites for hydroxylation is 2. The topological polar surface area (TPSA) is 64.7 Å². The Hall–Kier alpha value is -3.43. The minimum atomic E-state index is -0.180. The van der Waals surface area contributed by atoms with E-state index in [0.29, 0.717) is 17.1 Å². The largest absolute Gasteiger partial charge is 0.289 e. The Morgan fingerprint density at radius 1 is 1.04 bits per heavy atom. The van der Waals surface area contributed by atoms with Gasteiger partial charge in [-0.05, 0) is 71.4 Å². The molecule has 0 aromatic rings. The van der Waals surface area contributed by atoms with Crippen LogP contribution in [-0.4, -0.2) is 5.78 Å². The lowest BCUT2D eigenvalue weighted by Crippen LogP contribution is -1.96. The van der Waals surface area contributed by atoms with Crippen LogP contribution in [0, 0.1) is 36.5 Å². The van der Waals surface area contributed by atoms with Crippen molar-refractivity contribution in [3.8, 4) is 23.3 Å². The average molecular weight is 352 g/mol. The molecule has 0 heterocycles. The number of allylic oxidation sites excluding steroid dienone is 5. The van der Waals surface area contributed by atoms with Crippen molar-refractivity contribution in [1.29, 1.82) is 10.5 Å². The molecule has 0 radical (unpaired) electrons. The molecule has 3 aliphatic rings. The Labute approximate surface area is 159 Å². The van der Waals surface area contributed by atoms with E-state index in [1.165, 1.54) is 11.6 Å². The van der Waals surface area contributed by atoms with Gasteiger partial charge in [0.15, 0.2) is 5.78 Å². The minimum absolute atomic E-state index is 0.0414. The molecule has 0 aromatic heterocycles. The van der Waals surface area contributed by atoms with Crippen molar-refractivity contribution in [3.63, 3.8) is 0 Å². The molecule has 0 amide bonds. The fraction of sp³-hybridized carbons (Fsp3) is 0.208. The van der Waals surface area contributed by atoms with Gasteiger partial charge in [-0.25, -0.2) is 0 Å². The van der Waals surface area contributed by atoms with Crippen LogP contribution in [0.2, 0.25) is 0 Å². The van der Waals surface area contributed by atoms with E-state index in [4.69, 9.17) is 0 Å². The maximum absolute atomic E-state index is 12.4. The summed E-state index contributed by atoms with van der Waals surface area (Å²) in [5.41, 5.74) is 7.48. The Balaban J connectivity index is 2.25. The fourth-order valence-electron chi connectivity index (χ4n) is 3.49. The van der Waals surface area contributed by atoms with Crippen LogP contribution in [0.15, 0.2) is 53.1 Å². The molecule has 132 valence electrons. The van der Waals surface area contributed by atoms with E-state index in [-0.39, 0.29) is 11.4 Å². The van der Waals surface area contributed by atoms with Gasteiger partial charge >= 0.3 is 0 Å². The highest BCUT2D eigenvalue weighted by Gasteiger charge is 2.23. The normalized spacial score (nSPS) is 14.9. The quantitative estimate of drug-likeness (QED) is 0.537. The van der Waals surface area contributed by atoms with Crippen molar-refractivity contribution < 1.29 is 4.79 Å². The first-order chi connectivity index (χ1) is 12.9. The van der Waals surface area contributed by atoms with Crippen LogP contribution in [0.1, 0.15) is 42.0 Å². The fourth-order valence-corrected chi connectivity index (χ4v) is 3.49. The number of nitrogens with zero attached hydrogens (tertiary/aromatic N) is 2. The SMILES string of the molecule is Cc1cc(/C=C2\C(=O)C=CC2=C(C#N)C#N)c2c(C)ccc(C(C)C)cc1-2. The van der Waals surface area contributed by atoms with Crippen molar-refractivity contribution >= 4 is 11.9 Å². The van der Waals surface area contributed by atoms with E-state index >= 15 is 0 Å². The molecule has 0 spiro atoms. The van der Waals surface area contributed by atoms with Gasteiger partial charge in [0.2, 0.25) is 0 Å². The van der Waals surface area contributed by atoms with Crippen LogP contribution >= 0.6 is 0 Å². The number of carbonyl (C=O) groups excluding carboxylic acids is 1. The highest BCUT2D eigenvalue weighted by atomic mass is 16.1. The van der Waals surface area contributed by atoms with Gasteiger partial charge in [-0.2, -0.15) is 10.5 Å². The monoisotopic (exact) mass is 352 g/mol. The van der Waals surface area contributed by atoms with E-state index in [2.05, 4.69) is 52.0 Å². The number of carbonyl (C=O) groups is 1. The summed E-state index contributed by atoms with van der Waals surface area (Å²) in [6, 6.07) is 12.3. The van der Waals surface area contributed by atoms with Crippen molar-refractivity contribution in [3.05, 3.63) is 75.4 Å². The number of ketones is 1. The predicted molar refractivity (Wildman–Crippen MR) is 107 cm³/mol. The van der Waals surface area contributed by atoms with Gasteiger partial charge in [-0.15, -0.1) is 0 Å². The van der Waals surface area contributed by atoms with Crippen molar-refractivity contribution in [2.75, 3.05) is 0 Å². The average Bonchev–Trinajstić information content (AvgIpc) is 3.06. The summed E-state index contributed by atoms with van der Waals surface area (Å²) in [7, 11) is 0. The molecule has 3 rings (SSSR count). The summed E-state index contributed by atoms with van der Waals surface area (Å²) >= 11 is 0. The summed E-state index contributed by atoms with van der Waals surface area (Å²) in [6.45, 7) is 8.47. The van der Waals surface area contributed by atoms with Crippen molar-refractivity contribution in [2.45, 2.75) is 33.6 Å². The molecule has 0 aromatic carbocycles. The molecule has 0 aliphatic heterocycles. The van der Waals surface area contributed by atoms with Gasteiger partial charge in [-0.3, -0.25) is 4.79 Å². The zero-order valence-corrected chi connectivity index (χ0v) is 15.9. The second-order valence-electron chi connectivity index (χ2n) is 7.15. The lowest BCUT2D eigenvalue weighted by molar-refractivity contribution is -0.110. The third-order valence-corrected chi connectivity index (χ3v) is 5.00. The second-order valence-corrected chi connectivity index (χ2v) is 7.15. The third kappa shape index (κ3) is 3.21. The predicted octanol–water partition coefficient (Wildman–Crippen LogP) is 5.40. The van der Waals surface area contributed by atoms with E-state index in [1.54, 1.807) is 6.08 Å². The standard InChI is InChI=1S/C24H20N2O/c1-14(2)17-6-5-15(3)24-18(9-16(4)21(24)10-17)11-22-20(7-8-23(22)27)19(12-25)13-26/h5-11,14H,1-4H3/b22-11-. The molecular weight excluding hydrogens is 332 g/mol. The van der Waals surface area contributed by atoms with Crippen molar-refractivity contribution in [1.82, 2.24) is 0 Å². The van der Waals surface area contributed by atoms with Crippen LogP contribution in [0.25, 0.3) is 17.2 Å². The van der Waals surface area contributed by atoms with Crippen LogP contribution in [-0.2, 0) is 4.79 Å². The second kappa shape index (κ2) is 7.06. The summed E-state index contributed by atoms with van der Waals surface area (Å²) in [5.74, 6) is 0.237. The van der Waals surface area contributed by atoms with Crippen LogP contribution < -0.4 is 0 Å². The van der Waals surface area contributed by atoms with Crippen LogP contribution in [0.4, 0.5) is 0 Å². The van der Waals surface area contributed by atoms with E-state index < -0.39 is 0 Å². The molecule has 0 saturated carbocycles. The highest BCUT2D eigenvalue weighted by molar-refractivity contribution is 6.15. The first-order valence-corrected chi connectivity index (χ1v) is 8.90. The first-order valence-electron chi connectivity index (χ1n) is 8.90. The lowest BCUT2D eigenvalue weighted by atomic mass is 9.97. The lowest BCUT2D eigenvalue weighted by Gasteiger charge is -2.05. The zero-order valence-electron chi connectivity index (χ0n) is 15.9. The maximum atomic E-state index is 12.4. The Morgan fingerprint density at radius 2 is 1.74 bits per heavy atom. The van der Waals surface area contributed by atoms with Crippen LogP contribution in [0.3, 0.4) is 0 Å². The van der Waals surface area contributed by atoms with Gasteiger partial charge in [-0.1, -0.05) is 38.1 Å². The molecule has 3 aliphatic carbocycles. The molecular formula is C24H20N2O. The number of hydrogen-bond donors (Lipinski definition) is 0. The zero-order chi connectivity index (χ0) is 19.7. The van der Waals surface area contributed by atoms with E-state index in [9.17, 15) is 15.3 Å². The molecule has 0 bridgehead atoms. The van der Waals surface area contributed by atoms with Gasteiger partial charge in [0.05, 0.1) is 0 Å². The summed E-state index contributed by atoms with van der Waals surface area (Å²) < 4.78 is 0. The van der Waals surface area contributed by atoms with Gasteiger partial charge in [0, 0.05) is 11.1 Å². The molecule has 27 heavy (non-hydrogen) atoms. The Morgan fingerprint density at radius 3 is 2.37 bits per heavy atom. The number of fused-ring (bicyclic) bond motifs is 1. The smallest absolute Gasteiger partial charge is 0.186 e. The molecule has 0 fully saturated rings. The molecule has 0 saturated heterocycles. The minimum Gasteiger partial charge on any atom is -0.289 e. The summed E-state index contributed by atoms with van der Waals surface area (Å²) in [5, 5.41) is 18.4. The van der Waals surface area contributed by atoms with E-state index in [0.717, 1.165) is 27.8 Å². The molecule has 0 unspecified atom stereocenters. The molecule has 0 N–H and O–H groups in total. The molecule has 3 nitrogen and oxygen atoms in total. The van der Waals surface area contributed by atoms with Gasteiger partial charge in [0.1, 0.15) is 17.7 Å². The summed E-state index contributed by atoms with van der Waals surface area (Å²) in [4.78, 5) is 12.4.